The number of piperidine rings is 1. The van der Waals surface area contributed by atoms with Gasteiger partial charge in [0, 0.05) is 13.1 Å². The highest BCUT2D eigenvalue weighted by atomic mass is 35.5. The van der Waals surface area contributed by atoms with E-state index >= 15 is 0 Å². The molecule has 0 aromatic heterocycles. The molecule has 3 rings (SSSR count). The molecule has 1 saturated heterocycles. The van der Waals surface area contributed by atoms with Crippen molar-refractivity contribution >= 4 is 39.2 Å². The van der Waals surface area contributed by atoms with Crippen LogP contribution in [0, 0.1) is 33.6 Å². The molecule has 1 amide bonds. The van der Waals surface area contributed by atoms with E-state index in [1.165, 1.54) is 4.31 Å². The predicted octanol–water partition coefficient (Wildman–Crippen LogP) is 4.16. The molecule has 0 spiro atoms. The van der Waals surface area contributed by atoms with Crippen molar-refractivity contribution in [3.05, 3.63) is 57.6 Å². The van der Waals surface area contributed by atoms with Gasteiger partial charge in [-0.3, -0.25) is 9.59 Å². The third-order valence-electron chi connectivity index (χ3n) is 5.95. The lowest BCUT2D eigenvalue weighted by molar-refractivity contribution is -0.152. The van der Waals surface area contributed by atoms with Gasteiger partial charge < -0.3 is 10.1 Å². The molecule has 9 heteroatoms. The number of amides is 1. The quantitative estimate of drug-likeness (QED) is 0.611. The molecule has 1 aliphatic rings. The summed E-state index contributed by atoms with van der Waals surface area (Å²) >= 11 is 6.20. The van der Waals surface area contributed by atoms with Crippen LogP contribution < -0.4 is 5.32 Å². The molecule has 0 saturated carbocycles. The van der Waals surface area contributed by atoms with Crippen LogP contribution in [0.4, 0.5) is 5.69 Å². The summed E-state index contributed by atoms with van der Waals surface area (Å²) in [6.45, 7) is 7.56. The predicted molar refractivity (Wildman–Crippen MR) is 128 cm³/mol. The molecule has 0 unspecified atom stereocenters. The molecule has 1 heterocycles. The van der Waals surface area contributed by atoms with Gasteiger partial charge in [-0.1, -0.05) is 23.7 Å². The van der Waals surface area contributed by atoms with E-state index in [4.69, 9.17) is 16.3 Å². The molecule has 2 aromatic carbocycles. The van der Waals surface area contributed by atoms with E-state index in [0.717, 1.165) is 22.3 Å². The van der Waals surface area contributed by atoms with Crippen molar-refractivity contribution < 1.29 is 22.7 Å². The van der Waals surface area contributed by atoms with Gasteiger partial charge in [-0.05, 0) is 81.0 Å². The molecule has 33 heavy (non-hydrogen) atoms. The van der Waals surface area contributed by atoms with Gasteiger partial charge in [-0.25, -0.2) is 8.42 Å². The largest absolute Gasteiger partial charge is 0.455 e. The Bertz CT molecular complexity index is 1150. The Morgan fingerprint density at radius 2 is 1.70 bits per heavy atom. The van der Waals surface area contributed by atoms with E-state index in [1.807, 2.05) is 33.8 Å². The Labute approximate surface area is 200 Å². The Morgan fingerprint density at radius 1 is 1.03 bits per heavy atom. The van der Waals surface area contributed by atoms with Gasteiger partial charge in [0.05, 0.1) is 21.5 Å². The maximum atomic E-state index is 12.9. The summed E-state index contributed by atoms with van der Waals surface area (Å²) < 4.78 is 32.5. The van der Waals surface area contributed by atoms with E-state index in [0.29, 0.717) is 23.6 Å². The Morgan fingerprint density at radius 3 is 2.30 bits per heavy atom. The van der Waals surface area contributed by atoms with Gasteiger partial charge >= 0.3 is 5.97 Å². The first kappa shape index (κ1) is 25.2. The minimum Gasteiger partial charge on any atom is -0.455 e. The van der Waals surface area contributed by atoms with Crippen LogP contribution in [-0.4, -0.2) is 44.3 Å². The molecule has 0 radical (unpaired) electrons. The molecule has 1 aliphatic heterocycles. The topological polar surface area (TPSA) is 92.8 Å². The Hall–Kier alpha value is -2.42. The maximum absolute atomic E-state index is 12.9. The lowest BCUT2D eigenvalue weighted by Gasteiger charge is -2.30. The molecule has 0 atom stereocenters. The first-order valence-corrected chi connectivity index (χ1v) is 12.6. The summed E-state index contributed by atoms with van der Waals surface area (Å²) in [7, 11) is -3.62. The standard InChI is InChI=1S/C24H29ClN2O5S/c1-15-11-18(4)23(21(25)12-15)26-22(28)14-32-24(29)19-7-9-27(10-8-19)33(30,31)20-6-5-16(2)17(3)13-20/h5-6,11-13,19H,7-10,14H2,1-4H3,(H,26,28). The Balaban J connectivity index is 1.52. The van der Waals surface area contributed by atoms with Crippen molar-refractivity contribution in [1.29, 1.82) is 0 Å². The third-order valence-corrected chi connectivity index (χ3v) is 8.14. The van der Waals surface area contributed by atoms with E-state index in [2.05, 4.69) is 5.32 Å². The fraction of sp³-hybridized carbons (Fsp3) is 0.417. The summed E-state index contributed by atoms with van der Waals surface area (Å²) in [4.78, 5) is 24.9. The average Bonchev–Trinajstić information content (AvgIpc) is 2.76. The van der Waals surface area contributed by atoms with Crippen LogP contribution in [0.25, 0.3) is 0 Å². The van der Waals surface area contributed by atoms with E-state index < -0.39 is 34.4 Å². The van der Waals surface area contributed by atoms with Crippen molar-refractivity contribution in [2.45, 2.75) is 45.4 Å². The fourth-order valence-corrected chi connectivity index (χ4v) is 5.78. The zero-order chi connectivity index (χ0) is 24.3. The maximum Gasteiger partial charge on any atom is 0.309 e. The van der Waals surface area contributed by atoms with Crippen LogP contribution in [-0.2, 0) is 24.3 Å². The van der Waals surface area contributed by atoms with E-state index in [-0.39, 0.29) is 18.0 Å². The number of anilines is 1. The summed E-state index contributed by atoms with van der Waals surface area (Å²) in [5.41, 5.74) is 4.23. The molecule has 0 bridgehead atoms. The molecular weight excluding hydrogens is 464 g/mol. The van der Waals surface area contributed by atoms with Crippen molar-refractivity contribution in [2.75, 3.05) is 25.0 Å². The van der Waals surface area contributed by atoms with Gasteiger partial charge in [0.25, 0.3) is 5.91 Å². The number of hydrogen-bond donors (Lipinski definition) is 1. The second kappa shape index (κ2) is 10.2. The minimum atomic E-state index is -3.62. The van der Waals surface area contributed by atoms with Crippen LogP contribution in [0.3, 0.4) is 0 Å². The van der Waals surface area contributed by atoms with Gasteiger partial charge in [-0.2, -0.15) is 4.31 Å². The lowest BCUT2D eigenvalue weighted by atomic mass is 9.98. The zero-order valence-corrected chi connectivity index (χ0v) is 20.8. The number of carbonyl (C=O) groups is 2. The number of nitrogens with one attached hydrogen (secondary N) is 1. The highest BCUT2D eigenvalue weighted by molar-refractivity contribution is 7.89. The Kier molecular flexibility index (Phi) is 7.82. The highest BCUT2D eigenvalue weighted by Crippen LogP contribution is 2.28. The summed E-state index contributed by atoms with van der Waals surface area (Å²) in [6.07, 6.45) is 0.681. The molecule has 1 fully saturated rings. The fourth-order valence-electron chi connectivity index (χ4n) is 3.86. The van der Waals surface area contributed by atoms with Crippen molar-refractivity contribution in [2.24, 2.45) is 5.92 Å². The number of halogens is 1. The normalized spacial score (nSPS) is 15.3. The highest BCUT2D eigenvalue weighted by Gasteiger charge is 2.33. The molecule has 178 valence electrons. The van der Waals surface area contributed by atoms with Crippen molar-refractivity contribution in [3.63, 3.8) is 0 Å². The van der Waals surface area contributed by atoms with Crippen LogP contribution in [0.15, 0.2) is 35.2 Å². The van der Waals surface area contributed by atoms with Crippen molar-refractivity contribution in [1.82, 2.24) is 4.31 Å². The second-order valence-corrected chi connectivity index (χ2v) is 10.9. The number of aryl methyl sites for hydroxylation is 4. The first-order chi connectivity index (χ1) is 15.5. The molecule has 0 aliphatic carbocycles. The van der Waals surface area contributed by atoms with Crippen LogP contribution in [0.1, 0.15) is 35.1 Å². The van der Waals surface area contributed by atoms with Crippen molar-refractivity contribution in [3.8, 4) is 0 Å². The molecule has 2 aromatic rings. The van der Waals surface area contributed by atoms with E-state index in [9.17, 15) is 18.0 Å². The monoisotopic (exact) mass is 492 g/mol. The van der Waals surface area contributed by atoms with Crippen LogP contribution in [0.2, 0.25) is 5.02 Å². The van der Waals surface area contributed by atoms with Crippen LogP contribution in [0.5, 0.6) is 0 Å². The van der Waals surface area contributed by atoms with Crippen LogP contribution >= 0.6 is 11.6 Å². The lowest BCUT2D eigenvalue weighted by Crippen LogP contribution is -2.41. The third kappa shape index (κ3) is 5.93. The first-order valence-electron chi connectivity index (χ1n) is 10.8. The number of ether oxygens (including phenoxy) is 1. The smallest absolute Gasteiger partial charge is 0.309 e. The zero-order valence-electron chi connectivity index (χ0n) is 19.3. The second-order valence-electron chi connectivity index (χ2n) is 8.52. The molecular formula is C24H29ClN2O5S. The summed E-state index contributed by atoms with van der Waals surface area (Å²) in [5, 5.41) is 3.10. The van der Waals surface area contributed by atoms with Gasteiger partial charge in [0.2, 0.25) is 10.0 Å². The molecule has 1 N–H and O–H groups in total. The molecule has 7 nitrogen and oxygen atoms in total. The number of rotatable bonds is 6. The SMILES string of the molecule is Cc1cc(C)c(NC(=O)COC(=O)C2CCN(S(=O)(=O)c3ccc(C)c(C)c3)CC2)c(Cl)c1. The number of carbonyl (C=O) groups excluding carboxylic acids is 2. The van der Waals surface area contributed by atoms with Gasteiger partial charge in [0.15, 0.2) is 6.61 Å². The van der Waals surface area contributed by atoms with E-state index in [1.54, 1.807) is 24.3 Å². The number of nitrogens with zero attached hydrogens (tertiary/aromatic N) is 1. The minimum absolute atomic E-state index is 0.222. The number of sulfonamides is 1. The van der Waals surface area contributed by atoms with Gasteiger partial charge in [-0.15, -0.1) is 0 Å². The summed E-state index contributed by atoms with van der Waals surface area (Å²) in [5.74, 6) is -1.43. The number of esters is 1. The van der Waals surface area contributed by atoms with Gasteiger partial charge in [0.1, 0.15) is 0 Å². The number of hydrogen-bond acceptors (Lipinski definition) is 5. The number of benzene rings is 2. The average molecular weight is 493 g/mol. The summed E-state index contributed by atoms with van der Waals surface area (Å²) in [6, 6.07) is 8.72.